The molecule has 0 radical (unpaired) electrons. The van der Waals surface area contributed by atoms with Crippen LogP contribution in [0, 0.1) is 0 Å². The van der Waals surface area contributed by atoms with Gasteiger partial charge in [0.1, 0.15) is 5.82 Å². The van der Waals surface area contributed by atoms with Gasteiger partial charge >= 0.3 is 0 Å². The summed E-state index contributed by atoms with van der Waals surface area (Å²) in [6, 6.07) is 7.34. The molecule has 5 rings (SSSR count). The predicted octanol–water partition coefficient (Wildman–Crippen LogP) is 2.97. The minimum atomic E-state index is -3.50. The van der Waals surface area contributed by atoms with E-state index in [1.807, 2.05) is 18.2 Å². The molecule has 0 aliphatic heterocycles. The lowest BCUT2D eigenvalue weighted by Gasteiger charge is -2.17. The number of imidazole rings is 1. The normalized spacial score (nSPS) is 19.8. The first-order valence-electron chi connectivity index (χ1n) is 9.66. The highest BCUT2D eigenvalue weighted by molar-refractivity contribution is 7.90. The summed E-state index contributed by atoms with van der Waals surface area (Å²) in [5.41, 5.74) is 2.32. The summed E-state index contributed by atoms with van der Waals surface area (Å²) in [5.74, 6) is 0.736. The number of halogens is 1. The first kappa shape index (κ1) is 19.5. The number of aromatic nitrogens is 5. The van der Waals surface area contributed by atoms with Crippen LogP contribution < -0.4 is 0 Å². The number of hydrogen-bond acceptors (Lipinski definition) is 6. The summed E-state index contributed by atoms with van der Waals surface area (Å²) in [6.07, 6.45) is 6.22. The summed E-state index contributed by atoms with van der Waals surface area (Å²) >= 11 is 6.17. The fourth-order valence-electron chi connectivity index (χ4n) is 4.33. The highest BCUT2D eigenvalue weighted by atomic mass is 35.5. The highest BCUT2D eigenvalue weighted by Crippen LogP contribution is 2.35. The minimum absolute atomic E-state index is 0.0295. The van der Waals surface area contributed by atoms with Gasteiger partial charge in [-0.05, 0) is 43.5 Å². The Hall–Kier alpha value is -2.49. The van der Waals surface area contributed by atoms with Crippen LogP contribution >= 0.6 is 11.6 Å². The zero-order valence-electron chi connectivity index (χ0n) is 16.2. The van der Waals surface area contributed by atoms with Crippen LogP contribution in [0.1, 0.15) is 31.1 Å². The molecule has 1 aliphatic carbocycles. The lowest BCUT2D eigenvalue weighted by Crippen LogP contribution is -2.14. The van der Waals surface area contributed by atoms with Gasteiger partial charge in [-0.25, -0.2) is 13.4 Å². The van der Waals surface area contributed by atoms with E-state index in [0.717, 1.165) is 36.0 Å². The number of pyridine rings is 1. The molecule has 3 heterocycles. The van der Waals surface area contributed by atoms with Crippen molar-refractivity contribution in [2.75, 3.05) is 6.26 Å². The number of benzene rings is 1. The van der Waals surface area contributed by atoms with Crippen molar-refractivity contribution in [2.24, 2.45) is 0 Å². The zero-order chi connectivity index (χ0) is 21.0. The molecular weight excluding hydrogens is 426 g/mol. The van der Waals surface area contributed by atoms with Crippen LogP contribution in [0.25, 0.3) is 21.9 Å². The number of nitrogens with zero attached hydrogens (tertiary/aromatic N) is 5. The van der Waals surface area contributed by atoms with Crippen LogP contribution in [0.15, 0.2) is 41.7 Å². The van der Waals surface area contributed by atoms with Crippen LogP contribution in [0.5, 0.6) is 0 Å². The van der Waals surface area contributed by atoms with Crippen molar-refractivity contribution in [2.45, 2.75) is 43.0 Å². The second-order valence-corrected chi connectivity index (χ2v) is 10.1. The molecule has 1 aliphatic rings. The zero-order valence-corrected chi connectivity index (χ0v) is 17.8. The smallest absolute Gasteiger partial charge is 0.195 e. The number of rotatable bonds is 4. The Labute approximate surface area is 178 Å². The van der Waals surface area contributed by atoms with Crippen LogP contribution in [0.2, 0.25) is 5.02 Å². The van der Waals surface area contributed by atoms with Crippen LogP contribution in [-0.4, -0.2) is 50.2 Å². The van der Waals surface area contributed by atoms with E-state index in [1.54, 1.807) is 23.1 Å². The summed E-state index contributed by atoms with van der Waals surface area (Å²) in [6.45, 7) is 0.274. The lowest BCUT2D eigenvalue weighted by molar-refractivity contribution is 0.178. The van der Waals surface area contributed by atoms with Crippen molar-refractivity contribution >= 4 is 43.4 Å². The van der Waals surface area contributed by atoms with Gasteiger partial charge in [-0.3, -0.25) is 9.67 Å². The molecule has 0 unspecified atom stereocenters. The topological polar surface area (TPSA) is 103 Å². The number of hydrogen-bond donors (Lipinski definition) is 1. The maximum absolute atomic E-state index is 12.2. The van der Waals surface area contributed by atoms with E-state index >= 15 is 0 Å². The number of aliphatic hydroxyl groups excluding tert-OH is 1. The van der Waals surface area contributed by atoms with Gasteiger partial charge in [0.15, 0.2) is 14.9 Å². The van der Waals surface area contributed by atoms with Crippen molar-refractivity contribution in [3.05, 3.63) is 47.5 Å². The van der Waals surface area contributed by atoms with E-state index in [4.69, 9.17) is 16.6 Å². The van der Waals surface area contributed by atoms with Crippen molar-refractivity contribution < 1.29 is 13.5 Å². The van der Waals surface area contributed by atoms with Gasteiger partial charge in [0.2, 0.25) is 0 Å². The predicted molar refractivity (Wildman–Crippen MR) is 113 cm³/mol. The van der Waals surface area contributed by atoms with Gasteiger partial charge in [-0.15, -0.1) is 0 Å². The van der Waals surface area contributed by atoms with Gasteiger partial charge in [-0.2, -0.15) is 5.10 Å². The van der Waals surface area contributed by atoms with Gasteiger partial charge in [-0.1, -0.05) is 11.6 Å². The highest BCUT2D eigenvalue weighted by Gasteiger charge is 2.28. The fraction of sp³-hybridized carbons (Fsp3) is 0.350. The first-order chi connectivity index (χ1) is 14.3. The molecular formula is C20H20ClN5O3S. The van der Waals surface area contributed by atoms with Crippen molar-refractivity contribution in [3.8, 4) is 0 Å². The quantitative estimate of drug-likeness (QED) is 0.518. The van der Waals surface area contributed by atoms with E-state index in [-0.39, 0.29) is 23.7 Å². The van der Waals surface area contributed by atoms with Crippen molar-refractivity contribution in [3.63, 3.8) is 0 Å². The van der Waals surface area contributed by atoms with E-state index in [2.05, 4.69) is 14.6 Å². The Bertz CT molecular complexity index is 1380. The molecule has 3 aromatic heterocycles. The third-order valence-corrected chi connectivity index (χ3v) is 6.87. The second-order valence-electron chi connectivity index (χ2n) is 7.78. The maximum atomic E-state index is 12.2. The SMILES string of the molecule is CS(=O)(=O)c1nn(Cc2nc3cc(Cl)ccc3n2[C@@H]2CC[C@@H](O)C2)c2cnccc12. The summed E-state index contributed by atoms with van der Waals surface area (Å²) < 4.78 is 28.2. The van der Waals surface area contributed by atoms with E-state index < -0.39 is 9.84 Å². The van der Waals surface area contributed by atoms with Gasteiger partial charge in [0.05, 0.1) is 35.4 Å². The first-order valence-corrected chi connectivity index (χ1v) is 11.9. The number of sulfone groups is 1. The standard InChI is InChI=1S/C20H20ClN5O3S/c1-30(28,29)20-15-6-7-22-10-18(15)25(24-20)11-19-23-16-8-12(21)2-5-17(16)26(19)13-3-4-14(27)9-13/h2,5-8,10,13-14,27H,3-4,9,11H2,1H3/t13-,14-/m1/s1. The van der Waals surface area contributed by atoms with E-state index in [9.17, 15) is 13.5 Å². The fourth-order valence-corrected chi connectivity index (χ4v) is 5.31. The molecule has 8 nitrogen and oxygen atoms in total. The lowest BCUT2D eigenvalue weighted by atomic mass is 10.2. The van der Waals surface area contributed by atoms with Crippen LogP contribution in [0.3, 0.4) is 0 Å². The Morgan fingerprint density at radius 1 is 1.23 bits per heavy atom. The second kappa shape index (κ2) is 7.04. The molecule has 30 heavy (non-hydrogen) atoms. The van der Waals surface area contributed by atoms with Gasteiger partial charge in [0.25, 0.3) is 0 Å². The Kier molecular flexibility index (Phi) is 4.57. The van der Waals surface area contributed by atoms with Gasteiger partial charge < -0.3 is 9.67 Å². The summed E-state index contributed by atoms with van der Waals surface area (Å²) in [4.78, 5) is 8.92. The molecule has 1 fully saturated rings. The number of aliphatic hydroxyl groups is 1. The van der Waals surface area contributed by atoms with E-state index in [1.165, 1.54) is 0 Å². The van der Waals surface area contributed by atoms with Crippen molar-refractivity contribution in [1.82, 2.24) is 24.3 Å². The van der Waals surface area contributed by atoms with E-state index in [0.29, 0.717) is 22.3 Å². The molecule has 0 saturated heterocycles. The maximum Gasteiger partial charge on any atom is 0.195 e. The van der Waals surface area contributed by atoms with Crippen molar-refractivity contribution in [1.29, 1.82) is 0 Å². The molecule has 156 valence electrons. The van der Waals surface area contributed by atoms with Gasteiger partial charge in [0, 0.05) is 28.9 Å². The molecule has 1 saturated carbocycles. The summed E-state index contributed by atoms with van der Waals surface area (Å²) in [7, 11) is -3.50. The van der Waals surface area contributed by atoms with Crippen LogP contribution in [-0.2, 0) is 16.4 Å². The average molecular weight is 446 g/mol. The molecule has 0 spiro atoms. The third-order valence-electron chi connectivity index (χ3n) is 5.63. The molecule has 10 heteroatoms. The summed E-state index contributed by atoms with van der Waals surface area (Å²) in [5, 5.41) is 15.6. The third kappa shape index (κ3) is 3.27. The largest absolute Gasteiger partial charge is 0.393 e. The molecule has 1 N–H and O–H groups in total. The molecule has 0 bridgehead atoms. The molecule has 4 aromatic rings. The Morgan fingerprint density at radius 3 is 2.80 bits per heavy atom. The monoisotopic (exact) mass is 445 g/mol. The number of fused-ring (bicyclic) bond motifs is 2. The minimum Gasteiger partial charge on any atom is -0.393 e. The Balaban J connectivity index is 1.68. The Morgan fingerprint density at radius 2 is 2.07 bits per heavy atom. The molecule has 0 amide bonds. The van der Waals surface area contributed by atoms with Crippen LogP contribution in [0.4, 0.5) is 0 Å². The average Bonchev–Trinajstić information content (AvgIpc) is 3.36. The molecule has 1 aromatic carbocycles. The molecule has 2 atom stereocenters.